The Balaban J connectivity index is 1.55. The zero-order chi connectivity index (χ0) is 16.8. The van der Waals surface area contributed by atoms with Crippen LogP contribution in [0, 0.1) is 12.8 Å². The Bertz CT molecular complexity index is 660. The number of ketones is 1. The second-order valence-electron chi connectivity index (χ2n) is 6.48. The van der Waals surface area contributed by atoms with Gasteiger partial charge in [-0.25, -0.2) is 0 Å². The van der Waals surface area contributed by atoms with Gasteiger partial charge in [0.1, 0.15) is 10.6 Å². The van der Waals surface area contributed by atoms with Crippen molar-refractivity contribution in [3.8, 4) is 5.75 Å². The van der Waals surface area contributed by atoms with Gasteiger partial charge in [0.2, 0.25) is 0 Å². The van der Waals surface area contributed by atoms with E-state index in [0.717, 1.165) is 42.1 Å². The number of Topliss-reactive ketones (excluding diaryl/α,β-unsaturated/α-hetero) is 1. The molecule has 1 aliphatic rings. The summed E-state index contributed by atoms with van der Waals surface area (Å²) in [5.74, 6) is 1.71. The van der Waals surface area contributed by atoms with Gasteiger partial charge in [0.05, 0.1) is 6.61 Å². The van der Waals surface area contributed by atoms with Crippen molar-refractivity contribution in [2.24, 2.45) is 5.92 Å². The van der Waals surface area contributed by atoms with Crippen LogP contribution < -0.4 is 10.1 Å². The summed E-state index contributed by atoms with van der Waals surface area (Å²) in [6.07, 6.45) is 3.60. The lowest BCUT2D eigenvalue weighted by Crippen LogP contribution is -2.12. The van der Waals surface area contributed by atoms with Crippen molar-refractivity contribution in [3.63, 3.8) is 0 Å². The first-order valence-corrected chi connectivity index (χ1v) is 9.60. The summed E-state index contributed by atoms with van der Waals surface area (Å²) in [5, 5.41) is 5.41. The Kier molecular flexibility index (Phi) is 6.05. The van der Waals surface area contributed by atoms with Gasteiger partial charge in [0.15, 0.2) is 5.78 Å². The topological polar surface area (TPSA) is 38.3 Å². The number of hydrogen-bond donors (Lipinski definition) is 1. The lowest BCUT2D eigenvalue weighted by atomic mass is 10.1. The Morgan fingerprint density at radius 2 is 2.17 bits per heavy atom. The van der Waals surface area contributed by atoms with E-state index in [0.29, 0.717) is 18.9 Å². The summed E-state index contributed by atoms with van der Waals surface area (Å²) < 4.78 is 6.00. The normalized spacial score (nSPS) is 17.1. The fourth-order valence-corrected chi connectivity index (χ4v) is 4.07. The predicted octanol–water partition coefficient (Wildman–Crippen LogP) is 4.25. The van der Waals surface area contributed by atoms with Gasteiger partial charge in [-0.05, 0) is 56.1 Å². The van der Waals surface area contributed by atoms with Crippen LogP contribution in [0.1, 0.15) is 40.1 Å². The van der Waals surface area contributed by atoms with E-state index in [4.69, 9.17) is 4.74 Å². The van der Waals surface area contributed by atoms with E-state index in [-0.39, 0.29) is 5.78 Å². The van der Waals surface area contributed by atoms with E-state index in [9.17, 15) is 4.79 Å². The van der Waals surface area contributed by atoms with Crippen LogP contribution in [0.4, 0.5) is 0 Å². The third kappa shape index (κ3) is 4.46. The molecular weight excluding hydrogens is 318 g/mol. The fourth-order valence-electron chi connectivity index (χ4n) is 3.11. The molecule has 0 radical (unpaired) electrons. The van der Waals surface area contributed by atoms with Crippen LogP contribution in [0.5, 0.6) is 5.75 Å². The molecule has 1 aromatic heterocycles. The number of thiophene rings is 1. The first-order chi connectivity index (χ1) is 11.7. The lowest BCUT2D eigenvalue weighted by Gasteiger charge is -2.11. The number of rotatable bonds is 8. The monoisotopic (exact) mass is 343 g/mol. The van der Waals surface area contributed by atoms with E-state index in [1.54, 1.807) is 0 Å². The van der Waals surface area contributed by atoms with Crippen LogP contribution in [0.3, 0.4) is 0 Å². The molecule has 3 nitrogen and oxygen atoms in total. The highest BCUT2D eigenvalue weighted by molar-refractivity contribution is 7.12. The molecule has 4 heteroatoms. The van der Waals surface area contributed by atoms with Crippen LogP contribution >= 0.6 is 11.3 Å². The number of ether oxygens (including phenoxy) is 1. The first-order valence-electron chi connectivity index (χ1n) is 8.73. The summed E-state index contributed by atoms with van der Waals surface area (Å²) in [6.45, 7) is 4.93. The van der Waals surface area contributed by atoms with E-state index >= 15 is 0 Å². The van der Waals surface area contributed by atoms with Gasteiger partial charge in [-0.2, -0.15) is 0 Å². The summed E-state index contributed by atoms with van der Waals surface area (Å²) in [4.78, 5) is 13.4. The van der Waals surface area contributed by atoms with Gasteiger partial charge < -0.3 is 10.1 Å². The first kappa shape index (κ1) is 17.2. The Hall–Kier alpha value is -1.65. The molecule has 0 aliphatic carbocycles. The molecule has 128 valence electrons. The van der Waals surface area contributed by atoms with E-state index in [1.807, 2.05) is 30.5 Å². The molecule has 2 heterocycles. The fraction of sp³-hybridized carbons (Fsp3) is 0.450. The molecule has 0 bridgehead atoms. The summed E-state index contributed by atoms with van der Waals surface area (Å²) in [7, 11) is 0. The van der Waals surface area contributed by atoms with Crippen molar-refractivity contribution in [2.45, 2.75) is 32.6 Å². The highest BCUT2D eigenvalue weighted by Crippen LogP contribution is 2.32. The maximum absolute atomic E-state index is 12.6. The van der Waals surface area contributed by atoms with Crippen LogP contribution in [0.25, 0.3) is 0 Å². The van der Waals surface area contributed by atoms with Gasteiger partial charge in [-0.15, -0.1) is 11.3 Å². The maximum atomic E-state index is 12.6. The van der Waals surface area contributed by atoms with Crippen LogP contribution in [-0.4, -0.2) is 25.5 Å². The standard InChI is InChI=1S/C20H25NO2S/c1-15-14-24-20(18(22)8-7-16-5-3-2-4-6-16)19(15)23-12-10-17-9-11-21-13-17/h2-6,14,17,21H,7-13H2,1H3. The van der Waals surface area contributed by atoms with Crippen LogP contribution in [0.15, 0.2) is 35.7 Å². The molecule has 1 atom stereocenters. The van der Waals surface area contributed by atoms with Crippen molar-refractivity contribution in [3.05, 3.63) is 51.7 Å². The number of nitrogens with one attached hydrogen (secondary N) is 1. The minimum absolute atomic E-state index is 0.189. The van der Waals surface area contributed by atoms with Gasteiger partial charge in [0, 0.05) is 12.0 Å². The minimum atomic E-state index is 0.189. The Labute approximate surface area is 148 Å². The minimum Gasteiger partial charge on any atom is -0.492 e. The van der Waals surface area contributed by atoms with E-state index in [2.05, 4.69) is 17.4 Å². The largest absolute Gasteiger partial charge is 0.492 e. The van der Waals surface area contributed by atoms with Crippen molar-refractivity contribution >= 4 is 17.1 Å². The van der Waals surface area contributed by atoms with Crippen molar-refractivity contribution in [1.29, 1.82) is 0 Å². The van der Waals surface area contributed by atoms with Crippen LogP contribution in [0.2, 0.25) is 0 Å². The van der Waals surface area contributed by atoms with Gasteiger partial charge in [0.25, 0.3) is 0 Å². The quantitative estimate of drug-likeness (QED) is 0.728. The van der Waals surface area contributed by atoms with Gasteiger partial charge in [-0.3, -0.25) is 4.79 Å². The number of hydrogen-bond acceptors (Lipinski definition) is 4. The molecule has 1 N–H and O–H groups in total. The predicted molar refractivity (Wildman–Crippen MR) is 99.2 cm³/mol. The van der Waals surface area contributed by atoms with Crippen molar-refractivity contribution in [2.75, 3.05) is 19.7 Å². The molecule has 1 unspecified atom stereocenters. The van der Waals surface area contributed by atoms with Crippen molar-refractivity contribution < 1.29 is 9.53 Å². The molecule has 24 heavy (non-hydrogen) atoms. The maximum Gasteiger partial charge on any atom is 0.176 e. The Morgan fingerprint density at radius 1 is 1.33 bits per heavy atom. The third-order valence-electron chi connectivity index (χ3n) is 4.59. The average Bonchev–Trinajstić information content (AvgIpc) is 3.24. The number of carbonyl (C=O) groups excluding carboxylic acids is 1. The van der Waals surface area contributed by atoms with Gasteiger partial charge in [-0.1, -0.05) is 30.3 Å². The SMILES string of the molecule is Cc1csc(C(=O)CCc2ccccc2)c1OCCC1CCNC1. The molecule has 2 aromatic rings. The van der Waals surface area contributed by atoms with Crippen molar-refractivity contribution in [1.82, 2.24) is 5.32 Å². The number of carbonyl (C=O) groups is 1. The van der Waals surface area contributed by atoms with Gasteiger partial charge >= 0.3 is 0 Å². The molecular formula is C20H25NO2S. The molecule has 1 aromatic carbocycles. The lowest BCUT2D eigenvalue weighted by molar-refractivity contribution is 0.0983. The number of aryl methyl sites for hydroxylation is 2. The third-order valence-corrected chi connectivity index (χ3v) is 5.71. The summed E-state index contributed by atoms with van der Waals surface area (Å²) in [5.41, 5.74) is 2.28. The van der Waals surface area contributed by atoms with Crippen LogP contribution in [-0.2, 0) is 6.42 Å². The zero-order valence-electron chi connectivity index (χ0n) is 14.2. The molecule has 1 saturated heterocycles. The molecule has 0 amide bonds. The molecule has 3 rings (SSSR count). The zero-order valence-corrected chi connectivity index (χ0v) is 15.0. The molecule has 0 spiro atoms. The Morgan fingerprint density at radius 3 is 2.92 bits per heavy atom. The molecule has 1 aliphatic heterocycles. The summed E-state index contributed by atoms with van der Waals surface area (Å²) >= 11 is 1.52. The van der Waals surface area contributed by atoms with E-state index < -0.39 is 0 Å². The highest BCUT2D eigenvalue weighted by atomic mass is 32.1. The van der Waals surface area contributed by atoms with E-state index in [1.165, 1.54) is 23.3 Å². The summed E-state index contributed by atoms with van der Waals surface area (Å²) in [6, 6.07) is 10.2. The number of benzene rings is 1. The second-order valence-corrected chi connectivity index (χ2v) is 7.36. The average molecular weight is 343 g/mol. The smallest absolute Gasteiger partial charge is 0.176 e. The molecule has 0 saturated carbocycles. The highest BCUT2D eigenvalue weighted by Gasteiger charge is 2.19. The second kappa shape index (κ2) is 8.45. The molecule has 1 fully saturated rings.